The van der Waals surface area contributed by atoms with Crippen LogP contribution in [0.5, 0.6) is 0 Å². The summed E-state index contributed by atoms with van der Waals surface area (Å²) in [6.07, 6.45) is 4.29. The van der Waals surface area contributed by atoms with Crippen LogP contribution >= 0.6 is 0 Å². The van der Waals surface area contributed by atoms with Gasteiger partial charge in [-0.05, 0) is 24.6 Å². The molecule has 1 aromatic carbocycles. The van der Waals surface area contributed by atoms with Crippen molar-refractivity contribution >= 4 is 17.7 Å². The molecule has 2 aromatic heterocycles. The van der Waals surface area contributed by atoms with Gasteiger partial charge in [-0.1, -0.05) is 30.3 Å². The molecule has 0 radical (unpaired) electrons. The van der Waals surface area contributed by atoms with Crippen molar-refractivity contribution in [1.82, 2.24) is 20.3 Å². The van der Waals surface area contributed by atoms with Crippen molar-refractivity contribution in [2.24, 2.45) is 0 Å². The van der Waals surface area contributed by atoms with Crippen LogP contribution in [0.1, 0.15) is 16.8 Å². The Morgan fingerprint density at radius 1 is 0.969 bits per heavy atom. The van der Waals surface area contributed by atoms with Crippen LogP contribution in [0.15, 0.2) is 60.9 Å². The van der Waals surface area contributed by atoms with Crippen molar-refractivity contribution in [2.45, 2.75) is 12.5 Å². The number of benzene rings is 1. The van der Waals surface area contributed by atoms with Crippen molar-refractivity contribution in [3.8, 4) is 11.3 Å². The molecular formula is C24H26N6O2. The Labute approximate surface area is 187 Å². The fourth-order valence-corrected chi connectivity index (χ4v) is 4.10. The summed E-state index contributed by atoms with van der Waals surface area (Å²) in [7, 11) is 0. The molecule has 1 atom stereocenters. The summed E-state index contributed by atoms with van der Waals surface area (Å²) in [5, 5.41) is 3.13. The van der Waals surface area contributed by atoms with Crippen LogP contribution in [0.3, 0.4) is 0 Å². The number of amides is 1. The van der Waals surface area contributed by atoms with E-state index in [0.717, 1.165) is 43.1 Å². The van der Waals surface area contributed by atoms with Crippen LogP contribution < -0.4 is 15.1 Å². The van der Waals surface area contributed by atoms with E-state index in [2.05, 4.69) is 25.1 Å². The number of pyridine rings is 1. The number of carbonyl (C=O) groups is 1. The fraction of sp³-hybridized carbons (Fsp3) is 0.333. The molecule has 2 fully saturated rings. The first-order valence-corrected chi connectivity index (χ1v) is 11.0. The number of rotatable bonds is 5. The van der Waals surface area contributed by atoms with Gasteiger partial charge in [0.2, 0.25) is 5.95 Å². The molecule has 8 heteroatoms. The lowest BCUT2D eigenvalue weighted by atomic mass is 10.1. The Kier molecular flexibility index (Phi) is 5.93. The highest BCUT2D eigenvalue weighted by atomic mass is 16.5. The molecular weight excluding hydrogens is 404 g/mol. The highest BCUT2D eigenvalue weighted by Gasteiger charge is 2.26. The molecule has 2 saturated heterocycles. The second-order valence-corrected chi connectivity index (χ2v) is 8.02. The maximum atomic E-state index is 12.7. The number of morpholine rings is 1. The summed E-state index contributed by atoms with van der Waals surface area (Å²) in [4.78, 5) is 30.7. The van der Waals surface area contributed by atoms with Crippen molar-refractivity contribution < 1.29 is 9.53 Å². The molecule has 8 nitrogen and oxygen atoms in total. The SMILES string of the molecule is O=C(NC1CCN(c2nccc(-c3ccccc3)n2)C1)c1ccc(N2CCOCC2)nc1. The number of hydrogen-bond donors (Lipinski definition) is 1. The quantitative estimate of drug-likeness (QED) is 0.665. The summed E-state index contributed by atoms with van der Waals surface area (Å²) in [6.45, 7) is 4.55. The van der Waals surface area contributed by atoms with Gasteiger partial charge < -0.3 is 19.9 Å². The van der Waals surface area contributed by atoms with Gasteiger partial charge in [0.25, 0.3) is 5.91 Å². The van der Waals surface area contributed by atoms with Crippen LogP contribution in [0.2, 0.25) is 0 Å². The predicted octanol–water partition coefficient (Wildman–Crippen LogP) is 2.38. The summed E-state index contributed by atoms with van der Waals surface area (Å²) in [6, 6.07) is 15.8. The Hall–Kier alpha value is -3.52. The maximum absolute atomic E-state index is 12.7. The number of anilines is 2. The third-order valence-corrected chi connectivity index (χ3v) is 5.86. The number of aromatic nitrogens is 3. The first kappa shape index (κ1) is 20.4. The van der Waals surface area contributed by atoms with E-state index < -0.39 is 0 Å². The van der Waals surface area contributed by atoms with Gasteiger partial charge in [0.05, 0.1) is 24.5 Å². The standard InChI is InChI=1S/C24H26N6O2/c31-23(19-6-7-22(26-16-19)29-12-14-32-15-13-29)27-20-9-11-30(17-20)24-25-10-8-21(28-24)18-4-2-1-3-5-18/h1-8,10,16,20H,9,11-15,17H2,(H,27,31). The second-order valence-electron chi connectivity index (χ2n) is 8.02. The van der Waals surface area contributed by atoms with E-state index in [4.69, 9.17) is 9.72 Å². The van der Waals surface area contributed by atoms with Gasteiger partial charge in [-0.15, -0.1) is 0 Å². The van der Waals surface area contributed by atoms with E-state index in [1.54, 1.807) is 12.4 Å². The fourth-order valence-electron chi connectivity index (χ4n) is 4.10. The third-order valence-electron chi connectivity index (χ3n) is 5.86. The molecule has 2 aliphatic rings. The summed E-state index contributed by atoms with van der Waals surface area (Å²) in [5.74, 6) is 1.48. The Balaban J connectivity index is 1.19. The normalized spacial score (nSPS) is 18.6. The minimum Gasteiger partial charge on any atom is -0.378 e. The molecule has 0 bridgehead atoms. The molecule has 1 amide bonds. The average Bonchev–Trinajstić information content (AvgIpc) is 3.34. The number of hydrogen-bond acceptors (Lipinski definition) is 7. The molecule has 0 aliphatic carbocycles. The zero-order valence-corrected chi connectivity index (χ0v) is 17.9. The van der Waals surface area contributed by atoms with E-state index >= 15 is 0 Å². The van der Waals surface area contributed by atoms with E-state index in [9.17, 15) is 4.79 Å². The first-order chi connectivity index (χ1) is 15.8. The summed E-state index contributed by atoms with van der Waals surface area (Å²) >= 11 is 0. The topological polar surface area (TPSA) is 83.5 Å². The molecule has 0 spiro atoms. The molecule has 1 N–H and O–H groups in total. The van der Waals surface area contributed by atoms with Gasteiger partial charge in [-0.2, -0.15) is 0 Å². The molecule has 4 heterocycles. The molecule has 5 rings (SSSR count). The molecule has 32 heavy (non-hydrogen) atoms. The first-order valence-electron chi connectivity index (χ1n) is 11.0. The lowest BCUT2D eigenvalue weighted by Gasteiger charge is -2.27. The smallest absolute Gasteiger partial charge is 0.253 e. The van der Waals surface area contributed by atoms with Crippen molar-refractivity contribution in [3.05, 3.63) is 66.5 Å². The Bertz CT molecular complexity index is 1050. The molecule has 0 saturated carbocycles. The number of nitrogens with zero attached hydrogens (tertiary/aromatic N) is 5. The van der Waals surface area contributed by atoms with Crippen LogP contribution in [-0.2, 0) is 4.74 Å². The maximum Gasteiger partial charge on any atom is 0.253 e. The third kappa shape index (κ3) is 4.55. The van der Waals surface area contributed by atoms with Crippen LogP contribution in [0.25, 0.3) is 11.3 Å². The van der Waals surface area contributed by atoms with Gasteiger partial charge in [0.1, 0.15) is 5.82 Å². The lowest BCUT2D eigenvalue weighted by Crippen LogP contribution is -2.38. The minimum absolute atomic E-state index is 0.0467. The zero-order chi connectivity index (χ0) is 21.8. The van der Waals surface area contributed by atoms with Crippen molar-refractivity contribution in [1.29, 1.82) is 0 Å². The molecule has 1 unspecified atom stereocenters. The molecule has 164 valence electrons. The Morgan fingerprint density at radius 2 is 1.81 bits per heavy atom. The van der Waals surface area contributed by atoms with Gasteiger partial charge in [-0.25, -0.2) is 15.0 Å². The van der Waals surface area contributed by atoms with E-state index in [0.29, 0.717) is 31.3 Å². The van der Waals surface area contributed by atoms with Gasteiger partial charge in [-0.3, -0.25) is 4.79 Å². The second kappa shape index (κ2) is 9.32. The highest BCUT2D eigenvalue weighted by Crippen LogP contribution is 2.21. The number of carbonyl (C=O) groups excluding carboxylic acids is 1. The molecule has 2 aliphatic heterocycles. The van der Waals surface area contributed by atoms with Crippen molar-refractivity contribution in [2.75, 3.05) is 49.2 Å². The number of nitrogens with one attached hydrogen (secondary N) is 1. The van der Waals surface area contributed by atoms with Gasteiger partial charge >= 0.3 is 0 Å². The predicted molar refractivity (Wildman–Crippen MR) is 123 cm³/mol. The summed E-state index contributed by atoms with van der Waals surface area (Å²) < 4.78 is 5.38. The van der Waals surface area contributed by atoms with E-state index in [1.165, 1.54) is 0 Å². The molecule has 3 aromatic rings. The van der Waals surface area contributed by atoms with Crippen LogP contribution in [0, 0.1) is 0 Å². The highest BCUT2D eigenvalue weighted by molar-refractivity contribution is 5.94. The van der Waals surface area contributed by atoms with Crippen LogP contribution in [-0.4, -0.2) is 66.3 Å². The van der Waals surface area contributed by atoms with Crippen LogP contribution in [0.4, 0.5) is 11.8 Å². The van der Waals surface area contributed by atoms with Gasteiger partial charge in [0, 0.05) is 50.2 Å². The largest absolute Gasteiger partial charge is 0.378 e. The minimum atomic E-state index is -0.100. The van der Waals surface area contributed by atoms with Gasteiger partial charge in [0.15, 0.2) is 0 Å². The summed E-state index contributed by atoms with van der Waals surface area (Å²) in [5.41, 5.74) is 2.53. The lowest BCUT2D eigenvalue weighted by molar-refractivity contribution is 0.0940. The van der Waals surface area contributed by atoms with E-state index in [-0.39, 0.29) is 11.9 Å². The van der Waals surface area contributed by atoms with Crippen molar-refractivity contribution in [3.63, 3.8) is 0 Å². The zero-order valence-electron chi connectivity index (χ0n) is 17.9. The monoisotopic (exact) mass is 430 g/mol. The Morgan fingerprint density at radius 3 is 2.59 bits per heavy atom. The van der Waals surface area contributed by atoms with E-state index in [1.807, 2.05) is 48.5 Å². The number of ether oxygens (including phenoxy) is 1. The average molecular weight is 431 g/mol.